The Morgan fingerprint density at radius 1 is 0.932 bits per heavy atom. The number of benzene rings is 4. The Labute approximate surface area is 259 Å². The molecule has 0 aliphatic carbocycles. The number of nitrogens with one attached hydrogen (secondary N) is 1. The number of carbonyl (C=O) groups excluding carboxylic acids is 1. The number of hydrogen-bond acceptors (Lipinski definition) is 6. The molecule has 4 aromatic carbocycles. The van der Waals surface area contributed by atoms with Gasteiger partial charge in [-0.05, 0) is 67.7 Å². The van der Waals surface area contributed by atoms with Crippen molar-refractivity contribution < 1.29 is 9.18 Å². The molecule has 1 N–H and O–H groups in total. The van der Waals surface area contributed by atoms with Gasteiger partial charge in [-0.3, -0.25) is 9.69 Å². The van der Waals surface area contributed by atoms with Gasteiger partial charge < -0.3 is 20.0 Å². The molecular weight excluding hydrogens is 551 g/mol. The fourth-order valence-corrected chi connectivity index (χ4v) is 6.05. The van der Waals surface area contributed by atoms with Crippen LogP contribution in [0.5, 0.6) is 0 Å². The lowest BCUT2D eigenvalue weighted by Gasteiger charge is -2.45. The van der Waals surface area contributed by atoms with E-state index in [-0.39, 0.29) is 24.2 Å². The van der Waals surface area contributed by atoms with Gasteiger partial charge in [-0.1, -0.05) is 60.2 Å². The lowest BCUT2D eigenvalue weighted by atomic mass is 9.96. The molecule has 0 saturated carbocycles. The Bertz CT molecular complexity index is 1640. The van der Waals surface area contributed by atoms with Crippen LogP contribution in [-0.4, -0.2) is 79.9 Å². The molecule has 1 unspecified atom stereocenters. The average Bonchev–Trinajstić information content (AvgIpc) is 3.03. The number of amides is 1. The van der Waals surface area contributed by atoms with E-state index >= 15 is 0 Å². The van der Waals surface area contributed by atoms with Crippen LogP contribution in [0.25, 0.3) is 10.8 Å². The maximum atomic E-state index is 14.0. The van der Waals surface area contributed by atoms with Crippen molar-refractivity contribution in [2.75, 3.05) is 58.3 Å². The SMILES string of the molecule is Cc1ccc(CNC(=O)CC2c3ccccc3N=C(N3CCN(CCN(C)C)CC3)N2c2ccc3cc(F)ccc3c2)cc1. The number of anilines is 1. The second-order valence-electron chi connectivity index (χ2n) is 12.1. The van der Waals surface area contributed by atoms with Gasteiger partial charge in [-0.2, -0.15) is 0 Å². The third-order valence-electron chi connectivity index (χ3n) is 8.61. The maximum Gasteiger partial charge on any atom is 0.222 e. The molecule has 7 nitrogen and oxygen atoms in total. The Kier molecular flexibility index (Phi) is 8.91. The number of para-hydroxylation sites is 1. The van der Waals surface area contributed by atoms with Gasteiger partial charge in [0.2, 0.25) is 11.9 Å². The van der Waals surface area contributed by atoms with Gasteiger partial charge in [0.05, 0.1) is 18.2 Å². The normalized spacial score (nSPS) is 17.1. The highest BCUT2D eigenvalue weighted by atomic mass is 19.1. The van der Waals surface area contributed by atoms with Gasteiger partial charge in [0.15, 0.2) is 0 Å². The Hall–Kier alpha value is -4.27. The minimum absolute atomic E-state index is 0.0204. The minimum Gasteiger partial charge on any atom is -0.352 e. The zero-order chi connectivity index (χ0) is 30.6. The largest absolute Gasteiger partial charge is 0.352 e. The van der Waals surface area contributed by atoms with Crippen molar-refractivity contribution in [1.82, 2.24) is 20.0 Å². The first-order valence-corrected chi connectivity index (χ1v) is 15.4. The summed E-state index contributed by atoms with van der Waals surface area (Å²) in [5.74, 6) is 0.580. The molecular formula is C36H41FN6O. The van der Waals surface area contributed by atoms with Crippen molar-refractivity contribution in [3.05, 3.63) is 107 Å². The number of piperazine rings is 1. The summed E-state index contributed by atoms with van der Waals surface area (Å²) in [6.07, 6.45) is 0.270. The van der Waals surface area contributed by atoms with E-state index in [1.165, 1.54) is 11.6 Å². The number of carbonyl (C=O) groups is 1. The van der Waals surface area contributed by atoms with E-state index in [9.17, 15) is 9.18 Å². The zero-order valence-electron chi connectivity index (χ0n) is 25.8. The van der Waals surface area contributed by atoms with E-state index in [1.54, 1.807) is 6.07 Å². The number of hydrogen-bond donors (Lipinski definition) is 1. The van der Waals surface area contributed by atoms with E-state index in [1.807, 2.05) is 36.4 Å². The first kappa shape index (κ1) is 29.8. The molecule has 6 rings (SSSR count). The zero-order valence-corrected chi connectivity index (χ0v) is 25.8. The molecule has 0 radical (unpaired) electrons. The van der Waals surface area contributed by atoms with Crippen LogP contribution in [0.3, 0.4) is 0 Å². The molecule has 1 saturated heterocycles. The summed E-state index contributed by atoms with van der Waals surface area (Å²) in [4.78, 5) is 28.1. The molecule has 2 aliphatic rings. The molecule has 1 amide bonds. The van der Waals surface area contributed by atoms with E-state index < -0.39 is 0 Å². The highest BCUT2D eigenvalue weighted by Crippen LogP contribution is 2.41. The molecule has 1 atom stereocenters. The Balaban J connectivity index is 1.33. The molecule has 2 heterocycles. The molecule has 8 heteroatoms. The van der Waals surface area contributed by atoms with Gasteiger partial charge in [0.25, 0.3) is 0 Å². The van der Waals surface area contributed by atoms with Crippen LogP contribution in [0.1, 0.15) is 29.2 Å². The smallest absolute Gasteiger partial charge is 0.222 e. The van der Waals surface area contributed by atoms with Crippen molar-refractivity contribution in [3.8, 4) is 0 Å². The standard InChI is InChI=1S/C36H41FN6O/c1-26-8-10-27(11-9-26)25-38-35(44)24-34-32-6-4-5-7-33(32)39-36(42-20-18-41(19-21-42)17-16-40(2)3)43(34)31-15-13-28-22-30(37)14-12-29(28)23-31/h4-15,22-23,34H,16-21,24-25H2,1-3H3,(H,38,44). The van der Waals surface area contributed by atoms with Gasteiger partial charge >= 0.3 is 0 Å². The van der Waals surface area contributed by atoms with Gasteiger partial charge in [0.1, 0.15) is 5.82 Å². The summed E-state index contributed by atoms with van der Waals surface area (Å²) >= 11 is 0. The molecule has 0 bridgehead atoms. The summed E-state index contributed by atoms with van der Waals surface area (Å²) in [6, 6.07) is 27.1. The van der Waals surface area contributed by atoms with Crippen LogP contribution in [0.4, 0.5) is 15.8 Å². The second kappa shape index (κ2) is 13.2. The first-order valence-electron chi connectivity index (χ1n) is 15.4. The lowest BCUT2D eigenvalue weighted by molar-refractivity contribution is -0.121. The highest BCUT2D eigenvalue weighted by Gasteiger charge is 2.36. The van der Waals surface area contributed by atoms with Crippen molar-refractivity contribution >= 4 is 34.0 Å². The van der Waals surface area contributed by atoms with Crippen LogP contribution < -0.4 is 10.2 Å². The van der Waals surface area contributed by atoms with E-state index in [4.69, 9.17) is 4.99 Å². The lowest BCUT2D eigenvalue weighted by Crippen LogP contribution is -2.56. The minimum atomic E-state index is -0.263. The average molecular weight is 593 g/mol. The molecule has 44 heavy (non-hydrogen) atoms. The van der Waals surface area contributed by atoms with Gasteiger partial charge in [-0.15, -0.1) is 0 Å². The summed E-state index contributed by atoms with van der Waals surface area (Å²) in [7, 11) is 4.22. The number of guanidine groups is 1. The molecule has 0 spiro atoms. The quantitative estimate of drug-likeness (QED) is 0.284. The Morgan fingerprint density at radius 2 is 1.66 bits per heavy atom. The third kappa shape index (κ3) is 6.77. The number of aliphatic imine (C=N–C) groups is 1. The van der Waals surface area contributed by atoms with Crippen LogP contribution in [0, 0.1) is 12.7 Å². The van der Waals surface area contributed by atoms with Gasteiger partial charge in [0, 0.05) is 57.1 Å². The molecule has 228 valence electrons. The number of fused-ring (bicyclic) bond motifs is 2. The van der Waals surface area contributed by atoms with Crippen molar-refractivity contribution in [2.24, 2.45) is 4.99 Å². The summed E-state index contributed by atoms with van der Waals surface area (Å²) in [5, 5.41) is 4.94. The van der Waals surface area contributed by atoms with Crippen molar-refractivity contribution in [3.63, 3.8) is 0 Å². The van der Waals surface area contributed by atoms with Crippen molar-refractivity contribution in [1.29, 1.82) is 0 Å². The van der Waals surface area contributed by atoms with Crippen LogP contribution in [-0.2, 0) is 11.3 Å². The third-order valence-corrected chi connectivity index (χ3v) is 8.61. The Morgan fingerprint density at radius 3 is 2.43 bits per heavy atom. The summed E-state index contributed by atoms with van der Waals surface area (Å²) < 4.78 is 14.0. The monoisotopic (exact) mass is 592 g/mol. The second-order valence-corrected chi connectivity index (χ2v) is 12.1. The fourth-order valence-electron chi connectivity index (χ4n) is 6.05. The van der Waals surface area contributed by atoms with Crippen LogP contribution >= 0.6 is 0 Å². The molecule has 0 aromatic heterocycles. The number of rotatable bonds is 8. The number of nitrogens with zero attached hydrogens (tertiary/aromatic N) is 5. The van der Waals surface area contributed by atoms with Crippen molar-refractivity contribution in [2.45, 2.75) is 25.9 Å². The van der Waals surface area contributed by atoms with E-state index in [0.29, 0.717) is 6.54 Å². The predicted octanol–water partition coefficient (Wildman–Crippen LogP) is 5.72. The fraction of sp³-hybridized carbons (Fsp3) is 0.333. The van der Waals surface area contributed by atoms with Crippen LogP contribution in [0.15, 0.2) is 89.9 Å². The number of halogens is 1. The molecule has 1 fully saturated rings. The van der Waals surface area contributed by atoms with Gasteiger partial charge in [-0.25, -0.2) is 9.38 Å². The van der Waals surface area contributed by atoms with E-state index in [2.05, 4.69) is 82.3 Å². The summed E-state index contributed by atoms with van der Waals surface area (Å²) in [5.41, 5.74) is 5.11. The number of aryl methyl sites for hydroxylation is 1. The summed E-state index contributed by atoms with van der Waals surface area (Å²) in [6.45, 7) is 8.17. The first-order chi connectivity index (χ1) is 21.3. The maximum absolute atomic E-state index is 14.0. The predicted molar refractivity (Wildman–Crippen MR) is 177 cm³/mol. The topological polar surface area (TPSA) is 54.4 Å². The van der Waals surface area contributed by atoms with Crippen LogP contribution in [0.2, 0.25) is 0 Å². The highest BCUT2D eigenvalue weighted by molar-refractivity contribution is 6.03. The number of likely N-dealkylation sites (N-methyl/N-ethyl adjacent to an activating group) is 1. The molecule has 4 aromatic rings. The molecule has 2 aliphatic heterocycles. The van der Waals surface area contributed by atoms with E-state index in [0.717, 1.165) is 78.5 Å².